The largest absolute Gasteiger partial charge is 0.548 e. The van der Waals surface area contributed by atoms with Crippen molar-refractivity contribution in [3.05, 3.63) is 69.2 Å². The van der Waals surface area contributed by atoms with E-state index in [1.165, 1.54) is 0 Å². The summed E-state index contributed by atoms with van der Waals surface area (Å²) in [6, 6.07) is 9.74. The van der Waals surface area contributed by atoms with E-state index in [4.69, 9.17) is 20.4 Å². The molecule has 7 nitrogen and oxygen atoms in total. The molecular formula is C25H21ClNO6-. The fourth-order valence-corrected chi connectivity index (χ4v) is 4.04. The maximum Gasteiger partial charge on any atom is 0.340 e. The van der Waals surface area contributed by atoms with E-state index < -0.39 is 23.5 Å². The zero-order chi connectivity index (χ0) is 23.7. The van der Waals surface area contributed by atoms with Crippen LogP contribution in [0.2, 0.25) is 5.02 Å². The lowest BCUT2D eigenvalue weighted by atomic mass is 9.99. The van der Waals surface area contributed by atoms with E-state index in [2.05, 4.69) is 5.32 Å². The van der Waals surface area contributed by atoms with Gasteiger partial charge in [-0.05, 0) is 42.7 Å². The topological polar surface area (TPSA) is 113 Å². The lowest BCUT2D eigenvalue weighted by molar-refractivity contribution is -0.308. The standard InChI is InChI=1S/C25H22ClNO6/c1-3-4-20(24(29)30)27-23(28)10-17-13(2)16-9-18-19(14-5-7-15(26)8-6-14)12-32-21(18)11-22(16)33-25(17)31/h5-9,11-12,20H,3-4,10H2,1-2H3,(H,27,28)(H,29,30)/p-1/t20-/m1/s1. The van der Waals surface area contributed by atoms with Crippen LogP contribution >= 0.6 is 11.6 Å². The number of fused-ring (bicyclic) bond motifs is 2. The lowest BCUT2D eigenvalue weighted by Crippen LogP contribution is -2.48. The Balaban J connectivity index is 1.74. The number of aliphatic carboxylic acids is 1. The van der Waals surface area contributed by atoms with Gasteiger partial charge in [0.1, 0.15) is 11.2 Å². The van der Waals surface area contributed by atoms with E-state index in [0.29, 0.717) is 33.6 Å². The van der Waals surface area contributed by atoms with Gasteiger partial charge in [-0.15, -0.1) is 0 Å². The second-order valence-electron chi connectivity index (χ2n) is 7.90. The Bertz CT molecular complexity index is 1420. The number of aryl methyl sites for hydroxylation is 1. The van der Waals surface area contributed by atoms with E-state index in [1.807, 2.05) is 18.2 Å². The molecule has 0 saturated heterocycles. The second kappa shape index (κ2) is 9.11. The molecule has 0 bridgehead atoms. The number of nitrogens with one attached hydrogen (secondary N) is 1. The van der Waals surface area contributed by atoms with Crippen molar-refractivity contribution in [1.29, 1.82) is 0 Å². The maximum absolute atomic E-state index is 12.6. The first-order valence-electron chi connectivity index (χ1n) is 10.5. The Kier molecular flexibility index (Phi) is 6.24. The Morgan fingerprint density at radius 1 is 1.12 bits per heavy atom. The van der Waals surface area contributed by atoms with Gasteiger partial charge in [-0.25, -0.2) is 4.79 Å². The van der Waals surface area contributed by atoms with Crippen LogP contribution in [0.1, 0.15) is 30.9 Å². The average molecular weight is 467 g/mol. The average Bonchev–Trinajstić information content (AvgIpc) is 3.18. The molecule has 0 aliphatic heterocycles. The molecule has 1 atom stereocenters. The first kappa shape index (κ1) is 22.6. The van der Waals surface area contributed by atoms with Crippen LogP contribution < -0.4 is 16.0 Å². The zero-order valence-corrected chi connectivity index (χ0v) is 18.8. The monoisotopic (exact) mass is 466 g/mol. The van der Waals surface area contributed by atoms with E-state index in [0.717, 1.165) is 16.5 Å². The van der Waals surface area contributed by atoms with E-state index in [1.54, 1.807) is 38.3 Å². The predicted octanol–water partition coefficient (Wildman–Crippen LogP) is 3.75. The molecule has 4 rings (SSSR count). The normalized spacial score (nSPS) is 12.2. The number of furan rings is 1. The Labute approximate surface area is 194 Å². The smallest absolute Gasteiger partial charge is 0.340 e. The van der Waals surface area contributed by atoms with Gasteiger partial charge < -0.3 is 24.1 Å². The molecular weight excluding hydrogens is 446 g/mol. The molecule has 0 fully saturated rings. The molecule has 1 N–H and O–H groups in total. The minimum Gasteiger partial charge on any atom is -0.548 e. The number of carbonyl (C=O) groups excluding carboxylic acids is 2. The van der Waals surface area contributed by atoms with Gasteiger partial charge in [-0.1, -0.05) is 37.1 Å². The van der Waals surface area contributed by atoms with Crippen molar-refractivity contribution in [2.24, 2.45) is 0 Å². The lowest BCUT2D eigenvalue weighted by Gasteiger charge is -2.19. The van der Waals surface area contributed by atoms with Crippen molar-refractivity contribution in [2.75, 3.05) is 0 Å². The SMILES string of the molecule is CCC[C@@H](NC(=O)Cc1c(C)c2cc3c(-c4ccc(Cl)cc4)coc3cc2oc1=O)C(=O)[O-]. The molecule has 0 aliphatic rings. The first-order valence-corrected chi connectivity index (χ1v) is 10.9. The third kappa shape index (κ3) is 4.50. The number of rotatable bonds is 7. The van der Waals surface area contributed by atoms with Gasteiger partial charge in [0.05, 0.1) is 30.3 Å². The molecule has 170 valence electrons. The van der Waals surface area contributed by atoms with Gasteiger partial charge in [0.15, 0.2) is 0 Å². The number of carbonyl (C=O) groups is 2. The van der Waals surface area contributed by atoms with Crippen molar-refractivity contribution < 1.29 is 23.5 Å². The third-order valence-electron chi connectivity index (χ3n) is 5.67. The molecule has 2 aromatic heterocycles. The van der Waals surface area contributed by atoms with Crippen LogP contribution in [0.3, 0.4) is 0 Å². The number of benzene rings is 2. The van der Waals surface area contributed by atoms with Gasteiger partial charge in [0.2, 0.25) is 5.91 Å². The van der Waals surface area contributed by atoms with Crippen LogP contribution in [0.25, 0.3) is 33.1 Å². The highest BCUT2D eigenvalue weighted by atomic mass is 35.5. The number of carboxylic acids is 1. The highest BCUT2D eigenvalue weighted by molar-refractivity contribution is 6.30. The number of halogens is 1. The van der Waals surface area contributed by atoms with Crippen LogP contribution in [0.5, 0.6) is 0 Å². The molecule has 2 aromatic carbocycles. The molecule has 4 aromatic rings. The van der Waals surface area contributed by atoms with Crippen molar-refractivity contribution in [2.45, 2.75) is 39.2 Å². The summed E-state index contributed by atoms with van der Waals surface area (Å²) in [7, 11) is 0. The Morgan fingerprint density at radius 3 is 2.52 bits per heavy atom. The van der Waals surface area contributed by atoms with Crippen molar-refractivity contribution >= 4 is 45.4 Å². The van der Waals surface area contributed by atoms with Crippen molar-refractivity contribution in [1.82, 2.24) is 5.32 Å². The summed E-state index contributed by atoms with van der Waals surface area (Å²) in [6.07, 6.45) is 2.13. The highest BCUT2D eigenvalue weighted by Gasteiger charge is 2.19. The molecule has 1 amide bonds. The summed E-state index contributed by atoms with van der Waals surface area (Å²) in [4.78, 5) is 36.3. The number of carboxylic acid groups (broad SMARTS) is 1. The number of amides is 1. The van der Waals surface area contributed by atoms with Crippen LogP contribution in [-0.2, 0) is 16.0 Å². The van der Waals surface area contributed by atoms with Crippen molar-refractivity contribution in [3.63, 3.8) is 0 Å². The summed E-state index contributed by atoms with van der Waals surface area (Å²) in [6.45, 7) is 3.54. The molecule has 2 heterocycles. The summed E-state index contributed by atoms with van der Waals surface area (Å²) in [5.41, 5.74) is 2.76. The number of hydrogen-bond donors (Lipinski definition) is 1. The molecule has 33 heavy (non-hydrogen) atoms. The molecule has 0 radical (unpaired) electrons. The van der Waals surface area contributed by atoms with Gasteiger partial charge in [0, 0.05) is 27.4 Å². The summed E-state index contributed by atoms with van der Waals surface area (Å²) in [5.74, 6) is -1.94. The summed E-state index contributed by atoms with van der Waals surface area (Å²) < 4.78 is 11.2. The van der Waals surface area contributed by atoms with Crippen LogP contribution in [0.15, 0.2) is 56.3 Å². The fraction of sp³-hybridized carbons (Fsp3) is 0.240. The van der Waals surface area contributed by atoms with Crippen LogP contribution in [0.4, 0.5) is 0 Å². The summed E-state index contributed by atoms with van der Waals surface area (Å²) >= 11 is 6.00. The predicted molar refractivity (Wildman–Crippen MR) is 123 cm³/mol. The van der Waals surface area contributed by atoms with Crippen LogP contribution in [-0.4, -0.2) is 17.9 Å². The zero-order valence-electron chi connectivity index (χ0n) is 18.1. The highest BCUT2D eigenvalue weighted by Crippen LogP contribution is 2.35. The van der Waals surface area contributed by atoms with Crippen LogP contribution in [0, 0.1) is 6.92 Å². The minimum atomic E-state index is -1.36. The second-order valence-corrected chi connectivity index (χ2v) is 8.33. The molecule has 0 spiro atoms. The molecule has 0 aliphatic carbocycles. The van der Waals surface area contributed by atoms with Gasteiger partial charge >= 0.3 is 5.63 Å². The Morgan fingerprint density at radius 2 is 1.85 bits per heavy atom. The van der Waals surface area contributed by atoms with Crippen molar-refractivity contribution in [3.8, 4) is 11.1 Å². The van der Waals surface area contributed by atoms with E-state index in [-0.39, 0.29) is 18.4 Å². The quantitative estimate of drug-likeness (QED) is 0.415. The van der Waals surface area contributed by atoms with Gasteiger partial charge in [0.25, 0.3) is 0 Å². The minimum absolute atomic E-state index is 0.171. The van der Waals surface area contributed by atoms with E-state index >= 15 is 0 Å². The van der Waals surface area contributed by atoms with E-state index in [9.17, 15) is 19.5 Å². The molecule has 0 unspecified atom stereocenters. The summed E-state index contributed by atoms with van der Waals surface area (Å²) in [5, 5.41) is 15.8. The first-order chi connectivity index (χ1) is 15.8. The fourth-order valence-electron chi connectivity index (χ4n) is 3.91. The molecule has 0 saturated carbocycles. The van der Waals surface area contributed by atoms with Gasteiger partial charge in [-0.2, -0.15) is 0 Å². The van der Waals surface area contributed by atoms with Gasteiger partial charge in [-0.3, -0.25) is 4.79 Å². The number of hydrogen-bond acceptors (Lipinski definition) is 6. The Hall–Kier alpha value is -3.58. The third-order valence-corrected chi connectivity index (χ3v) is 5.92. The molecule has 8 heteroatoms. The maximum atomic E-state index is 12.6.